The Kier molecular flexibility index (Phi) is 6.52. The molecule has 0 aliphatic rings. The third-order valence-corrected chi connectivity index (χ3v) is 4.43. The van der Waals surface area contributed by atoms with Crippen LogP contribution in [-0.4, -0.2) is 20.4 Å². The van der Waals surface area contributed by atoms with Gasteiger partial charge in [0.2, 0.25) is 5.88 Å². The molecule has 2 aromatic rings. The first-order valence-corrected chi connectivity index (χ1v) is 8.67. The summed E-state index contributed by atoms with van der Waals surface area (Å²) in [5.74, 6) is 0.704. The standard InChI is InChI=1S/C17H22N2O2S/c1-2-3-4-8-11-22-17-18-15(20)12-16(21)19(17)13-14-9-6-5-7-10-14/h5-7,9-10,12,20H,2-4,8,11,13H2,1H3. The van der Waals surface area contributed by atoms with Crippen molar-refractivity contribution < 1.29 is 5.11 Å². The summed E-state index contributed by atoms with van der Waals surface area (Å²) in [5, 5.41) is 10.2. The van der Waals surface area contributed by atoms with Gasteiger partial charge in [-0.2, -0.15) is 4.98 Å². The van der Waals surface area contributed by atoms with Crippen molar-refractivity contribution in [2.45, 2.75) is 44.3 Å². The van der Waals surface area contributed by atoms with Gasteiger partial charge in [-0.25, -0.2) is 0 Å². The molecule has 5 heteroatoms. The Morgan fingerprint density at radius 2 is 1.95 bits per heavy atom. The summed E-state index contributed by atoms with van der Waals surface area (Å²) in [5.41, 5.74) is 0.831. The maximum Gasteiger partial charge on any atom is 0.258 e. The van der Waals surface area contributed by atoms with E-state index in [9.17, 15) is 9.90 Å². The molecule has 118 valence electrons. The summed E-state index contributed by atoms with van der Waals surface area (Å²) in [7, 11) is 0. The van der Waals surface area contributed by atoms with Crippen LogP contribution >= 0.6 is 11.8 Å². The average molecular weight is 318 g/mol. The van der Waals surface area contributed by atoms with Crippen LogP contribution in [-0.2, 0) is 6.54 Å². The molecule has 1 heterocycles. The molecule has 0 spiro atoms. The number of rotatable bonds is 8. The molecule has 22 heavy (non-hydrogen) atoms. The lowest BCUT2D eigenvalue weighted by atomic mass is 10.2. The van der Waals surface area contributed by atoms with Gasteiger partial charge in [-0.05, 0) is 12.0 Å². The van der Waals surface area contributed by atoms with Gasteiger partial charge >= 0.3 is 0 Å². The van der Waals surface area contributed by atoms with E-state index in [-0.39, 0.29) is 11.4 Å². The fraction of sp³-hybridized carbons (Fsp3) is 0.412. The number of unbranched alkanes of at least 4 members (excludes halogenated alkanes) is 3. The second kappa shape index (κ2) is 8.63. The molecule has 0 aliphatic carbocycles. The van der Waals surface area contributed by atoms with Crippen LogP contribution in [0.15, 0.2) is 46.3 Å². The molecule has 0 atom stereocenters. The summed E-state index contributed by atoms with van der Waals surface area (Å²) in [6, 6.07) is 11.0. The molecule has 2 rings (SSSR count). The summed E-state index contributed by atoms with van der Waals surface area (Å²) in [6.07, 6.45) is 4.71. The summed E-state index contributed by atoms with van der Waals surface area (Å²) in [4.78, 5) is 16.3. The molecule has 0 amide bonds. The number of hydrogen-bond acceptors (Lipinski definition) is 4. The lowest BCUT2D eigenvalue weighted by Crippen LogP contribution is -2.22. The molecule has 1 N–H and O–H groups in total. The smallest absolute Gasteiger partial charge is 0.258 e. The third-order valence-electron chi connectivity index (χ3n) is 3.37. The molecule has 1 aromatic carbocycles. The van der Waals surface area contributed by atoms with E-state index in [1.165, 1.54) is 37.1 Å². The molecular weight excluding hydrogens is 296 g/mol. The lowest BCUT2D eigenvalue weighted by molar-refractivity contribution is 0.435. The highest BCUT2D eigenvalue weighted by atomic mass is 32.2. The van der Waals surface area contributed by atoms with Gasteiger partial charge in [0.05, 0.1) is 12.6 Å². The normalized spacial score (nSPS) is 10.8. The number of benzene rings is 1. The van der Waals surface area contributed by atoms with Crippen LogP contribution in [0, 0.1) is 0 Å². The molecule has 0 radical (unpaired) electrons. The van der Waals surface area contributed by atoms with Crippen LogP contribution in [0.4, 0.5) is 0 Å². The molecule has 1 aromatic heterocycles. The molecule has 0 saturated carbocycles. The van der Waals surface area contributed by atoms with Gasteiger partial charge < -0.3 is 5.11 Å². The number of thioether (sulfide) groups is 1. The van der Waals surface area contributed by atoms with Crippen LogP contribution in [0.1, 0.15) is 38.2 Å². The highest BCUT2D eigenvalue weighted by molar-refractivity contribution is 7.99. The predicted octanol–water partition coefficient (Wildman–Crippen LogP) is 3.67. The molecule has 0 fully saturated rings. The Bertz CT molecular complexity index is 641. The first-order chi connectivity index (χ1) is 10.7. The van der Waals surface area contributed by atoms with Crippen molar-refractivity contribution >= 4 is 11.8 Å². The Hall–Kier alpha value is -1.75. The first-order valence-electron chi connectivity index (χ1n) is 7.68. The van der Waals surface area contributed by atoms with Gasteiger partial charge in [0, 0.05) is 5.75 Å². The van der Waals surface area contributed by atoms with E-state index in [1.807, 2.05) is 30.3 Å². The molecule has 0 aliphatic heterocycles. The number of aromatic nitrogens is 2. The number of nitrogens with zero attached hydrogens (tertiary/aromatic N) is 2. The number of aromatic hydroxyl groups is 1. The second-order valence-electron chi connectivity index (χ2n) is 5.22. The molecule has 0 unspecified atom stereocenters. The summed E-state index contributed by atoms with van der Waals surface area (Å²) < 4.78 is 1.62. The van der Waals surface area contributed by atoms with E-state index in [1.54, 1.807) is 4.57 Å². The minimum atomic E-state index is -0.215. The van der Waals surface area contributed by atoms with Crippen molar-refractivity contribution in [3.63, 3.8) is 0 Å². The minimum absolute atomic E-state index is 0.203. The fourth-order valence-electron chi connectivity index (χ4n) is 2.19. The first kappa shape index (κ1) is 16.6. The quantitative estimate of drug-likeness (QED) is 0.458. The second-order valence-corrected chi connectivity index (χ2v) is 6.28. The van der Waals surface area contributed by atoms with E-state index in [2.05, 4.69) is 11.9 Å². The highest BCUT2D eigenvalue weighted by Crippen LogP contribution is 2.19. The predicted molar refractivity (Wildman–Crippen MR) is 90.6 cm³/mol. The number of hydrogen-bond donors (Lipinski definition) is 1. The molecule has 0 bridgehead atoms. The SMILES string of the molecule is CCCCCCSc1nc(O)cc(=O)n1Cc1ccccc1. The van der Waals surface area contributed by atoms with Crippen LogP contribution in [0.5, 0.6) is 5.88 Å². The zero-order valence-corrected chi connectivity index (χ0v) is 13.7. The average Bonchev–Trinajstić information content (AvgIpc) is 2.51. The summed E-state index contributed by atoms with van der Waals surface area (Å²) >= 11 is 1.54. The lowest BCUT2D eigenvalue weighted by Gasteiger charge is -2.11. The minimum Gasteiger partial charge on any atom is -0.493 e. The Morgan fingerprint density at radius 3 is 2.68 bits per heavy atom. The van der Waals surface area contributed by atoms with Crippen molar-refractivity contribution in [1.29, 1.82) is 0 Å². The van der Waals surface area contributed by atoms with Crippen LogP contribution in [0.3, 0.4) is 0 Å². The molecule has 0 saturated heterocycles. The van der Waals surface area contributed by atoms with E-state index >= 15 is 0 Å². The molecular formula is C17H22N2O2S. The zero-order chi connectivity index (χ0) is 15.8. The van der Waals surface area contributed by atoms with Crippen LogP contribution in [0.25, 0.3) is 0 Å². The molecule has 4 nitrogen and oxygen atoms in total. The summed E-state index contributed by atoms with van der Waals surface area (Å²) in [6.45, 7) is 2.66. The van der Waals surface area contributed by atoms with Crippen molar-refractivity contribution in [2.75, 3.05) is 5.75 Å². The van der Waals surface area contributed by atoms with Crippen molar-refractivity contribution in [3.05, 3.63) is 52.3 Å². The largest absolute Gasteiger partial charge is 0.493 e. The highest BCUT2D eigenvalue weighted by Gasteiger charge is 2.09. The van der Waals surface area contributed by atoms with Crippen LogP contribution in [0.2, 0.25) is 0 Å². The van der Waals surface area contributed by atoms with Crippen LogP contribution < -0.4 is 5.56 Å². The third kappa shape index (κ3) is 4.91. The monoisotopic (exact) mass is 318 g/mol. The maximum atomic E-state index is 12.2. The Labute approximate surface area is 135 Å². The maximum absolute atomic E-state index is 12.2. The Balaban J connectivity index is 2.12. The van der Waals surface area contributed by atoms with Gasteiger partial charge in [-0.15, -0.1) is 0 Å². The fourth-order valence-corrected chi connectivity index (χ4v) is 3.19. The zero-order valence-electron chi connectivity index (χ0n) is 12.9. The van der Waals surface area contributed by atoms with Gasteiger partial charge in [-0.1, -0.05) is 68.3 Å². The van der Waals surface area contributed by atoms with E-state index in [0.29, 0.717) is 11.7 Å². The van der Waals surface area contributed by atoms with Gasteiger partial charge in [0.1, 0.15) is 0 Å². The van der Waals surface area contributed by atoms with E-state index in [4.69, 9.17) is 0 Å². The van der Waals surface area contributed by atoms with Crippen molar-refractivity contribution in [3.8, 4) is 5.88 Å². The Morgan fingerprint density at radius 1 is 1.18 bits per heavy atom. The van der Waals surface area contributed by atoms with Crippen molar-refractivity contribution in [2.24, 2.45) is 0 Å². The van der Waals surface area contributed by atoms with Gasteiger partial charge in [-0.3, -0.25) is 9.36 Å². The van der Waals surface area contributed by atoms with Gasteiger partial charge in [0.15, 0.2) is 5.16 Å². The van der Waals surface area contributed by atoms with E-state index in [0.717, 1.165) is 17.7 Å². The van der Waals surface area contributed by atoms with Crippen molar-refractivity contribution in [1.82, 2.24) is 9.55 Å². The topological polar surface area (TPSA) is 55.1 Å². The van der Waals surface area contributed by atoms with Gasteiger partial charge in [0.25, 0.3) is 5.56 Å². The van der Waals surface area contributed by atoms with E-state index < -0.39 is 0 Å².